The molecule has 4 rings (SSSR count). The van der Waals surface area contributed by atoms with Gasteiger partial charge in [0.25, 0.3) is 11.5 Å². The maximum Gasteiger partial charge on any atom is 0.271 e. The molecule has 0 unspecified atom stereocenters. The molecule has 0 saturated heterocycles. The Labute approximate surface area is 240 Å². The van der Waals surface area contributed by atoms with Crippen LogP contribution in [0.15, 0.2) is 61.9 Å². The van der Waals surface area contributed by atoms with Crippen molar-refractivity contribution in [3.8, 4) is 11.5 Å². The maximum absolute atomic E-state index is 14.0. The number of aromatic nitrogens is 1. The Morgan fingerprint density at radius 2 is 1.85 bits per heavy atom. The zero-order chi connectivity index (χ0) is 28.4. The minimum Gasteiger partial charge on any atom is -0.497 e. The lowest BCUT2D eigenvalue weighted by atomic mass is 9.93. The molecular formula is C29H33BrN4O4S. The Kier molecular flexibility index (Phi) is 8.66. The van der Waals surface area contributed by atoms with E-state index in [9.17, 15) is 9.59 Å². The van der Waals surface area contributed by atoms with Gasteiger partial charge in [-0.25, -0.2) is 4.99 Å². The number of fused-ring (bicyclic) bond motifs is 1. The van der Waals surface area contributed by atoms with Gasteiger partial charge >= 0.3 is 0 Å². The summed E-state index contributed by atoms with van der Waals surface area (Å²) in [5.74, 6) is 0.995. The summed E-state index contributed by atoms with van der Waals surface area (Å²) in [6, 6.07) is 10.6. The molecule has 10 heteroatoms. The molecule has 3 aromatic rings. The minimum atomic E-state index is -0.732. The van der Waals surface area contributed by atoms with E-state index in [1.165, 1.54) is 11.3 Å². The van der Waals surface area contributed by atoms with Crippen molar-refractivity contribution in [3.05, 3.63) is 83.0 Å². The van der Waals surface area contributed by atoms with Crippen LogP contribution in [0, 0.1) is 0 Å². The summed E-state index contributed by atoms with van der Waals surface area (Å²) in [5.41, 5.74) is 3.37. The number of amides is 1. The Balaban J connectivity index is 1.99. The van der Waals surface area contributed by atoms with Crippen LogP contribution in [-0.2, 0) is 4.79 Å². The lowest BCUT2D eigenvalue weighted by Crippen LogP contribution is -2.43. The Bertz CT molecular complexity index is 1620. The molecule has 39 heavy (non-hydrogen) atoms. The number of hydrogen-bond acceptors (Lipinski definition) is 7. The smallest absolute Gasteiger partial charge is 0.271 e. The van der Waals surface area contributed by atoms with E-state index in [0.717, 1.165) is 15.7 Å². The third-order valence-electron chi connectivity index (χ3n) is 6.79. The second kappa shape index (κ2) is 11.8. The van der Waals surface area contributed by atoms with Crippen molar-refractivity contribution in [2.75, 3.05) is 46.3 Å². The highest BCUT2D eigenvalue weighted by molar-refractivity contribution is 9.10. The zero-order valence-electron chi connectivity index (χ0n) is 23.2. The number of anilines is 1. The summed E-state index contributed by atoms with van der Waals surface area (Å²) in [6.07, 6.45) is 1.86. The lowest BCUT2D eigenvalue weighted by molar-refractivity contribution is -0.127. The Hall–Kier alpha value is -3.37. The second-order valence-corrected chi connectivity index (χ2v) is 11.1. The molecule has 2 heterocycles. The normalized spacial score (nSPS) is 15.1. The topological polar surface area (TPSA) is 76.4 Å². The van der Waals surface area contributed by atoms with E-state index in [1.54, 1.807) is 35.8 Å². The first-order valence-electron chi connectivity index (χ1n) is 12.7. The van der Waals surface area contributed by atoms with Crippen LogP contribution in [0.5, 0.6) is 11.5 Å². The molecule has 1 amide bonds. The minimum absolute atomic E-state index is 0.159. The number of halogens is 1. The number of hydrogen-bond donors (Lipinski definition) is 0. The number of rotatable bonds is 8. The van der Waals surface area contributed by atoms with Gasteiger partial charge in [-0.3, -0.25) is 14.2 Å². The van der Waals surface area contributed by atoms with Gasteiger partial charge in [-0.05, 0) is 78.7 Å². The average molecular weight is 614 g/mol. The van der Waals surface area contributed by atoms with Crippen molar-refractivity contribution in [3.63, 3.8) is 0 Å². The highest BCUT2D eigenvalue weighted by Crippen LogP contribution is 2.38. The molecule has 206 valence electrons. The number of thiazole rings is 1. The van der Waals surface area contributed by atoms with Crippen LogP contribution in [0.4, 0.5) is 5.69 Å². The molecule has 0 fully saturated rings. The maximum atomic E-state index is 14.0. The number of methoxy groups -OCH3 is 2. The molecule has 1 aromatic heterocycles. The van der Waals surface area contributed by atoms with Gasteiger partial charge in [-0.15, -0.1) is 0 Å². The van der Waals surface area contributed by atoms with E-state index >= 15 is 0 Å². The van der Waals surface area contributed by atoms with E-state index < -0.39 is 6.04 Å². The van der Waals surface area contributed by atoms with Gasteiger partial charge in [0.2, 0.25) is 0 Å². The van der Waals surface area contributed by atoms with Crippen LogP contribution in [0.3, 0.4) is 0 Å². The van der Waals surface area contributed by atoms with Crippen molar-refractivity contribution < 1.29 is 14.3 Å². The van der Waals surface area contributed by atoms with Gasteiger partial charge in [0.15, 0.2) is 4.80 Å². The molecule has 1 aliphatic heterocycles. The van der Waals surface area contributed by atoms with Crippen LogP contribution in [-0.4, -0.2) is 56.8 Å². The van der Waals surface area contributed by atoms with Crippen molar-refractivity contribution in [1.82, 2.24) is 9.47 Å². The average Bonchev–Trinajstić information content (AvgIpc) is 3.21. The second-order valence-electron chi connectivity index (χ2n) is 9.27. The van der Waals surface area contributed by atoms with E-state index in [2.05, 4.69) is 15.9 Å². The van der Waals surface area contributed by atoms with Crippen LogP contribution >= 0.6 is 27.3 Å². The Morgan fingerprint density at radius 3 is 2.44 bits per heavy atom. The number of ether oxygens (including phenoxy) is 2. The van der Waals surface area contributed by atoms with E-state index in [1.807, 2.05) is 70.1 Å². The number of likely N-dealkylation sites (N-methyl/N-ethyl adjacent to an activating group) is 1. The van der Waals surface area contributed by atoms with Gasteiger partial charge in [0.05, 0.1) is 35.7 Å². The van der Waals surface area contributed by atoms with Gasteiger partial charge in [0, 0.05) is 37.2 Å². The third kappa shape index (κ3) is 5.40. The highest BCUT2D eigenvalue weighted by Gasteiger charge is 2.36. The first-order valence-corrected chi connectivity index (χ1v) is 14.3. The molecule has 8 nitrogen and oxygen atoms in total. The van der Waals surface area contributed by atoms with Gasteiger partial charge < -0.3 is 19.3 Å². The molecule has 0 aliphatic carbocycles. The van der Waals surface area contributed by atoms with Crippen molar-refractivity contribution >= 4 is 44.9 Å². The van der Waals surface area contributed by atoms with Gasteiger partial charge in [0.1, 0.15) is 17.5 Å². The summed E-state index contributed by atoms with van der Waals surface area (Å²) in [6.45, 7) is 6.78. The zero-order valence-corrected chi connectivity index (χ0v) is 25.6. The summed E-state index contributed by atoms with van der Waals surface area (Å²) in [5, 5.41) is 0. The molecule has 1 aliphatic rings. The number of carbonyl (C=O) groups excluding carboxylic acids is 1. The molecule has 0 N–H and O–H groups in total. The molecular weight excluding hydrogens is 580 g/mol. The summed E-state index contributed by atoms with van der Waals surface area (Å²) in [4.78, 5) is 36.9. The van der Waals surface area contributed by atoms with E-state index in [0.29, 0.717) is 50.8 Å². The first-order chi connectivity index (χ1) is 18.6. The number of nitrogens with zero attached hydrogens (tertiary/aromatic N) is 4. The number of carbonyl (C=O) groups is 1. The van der Waals surface area contributed by atoms with Crippen LogP contribution < -0.4 is 29.3 Å². The van der Waals surface area contributed by atoms with Gasteiger partial charge in [-0.1, -0.05) is 17.4 Å². The highest BCUT2D eigenvalue weighted by atomic mass is 79.9. The quantitative estimate of drug-likeness (QED) is 0.385. The van der Waals surface area contributed by atoms with E-state index in [-0.39, 0.29) is 11.5 Å². The van der Waals surface area contributed by atoms with Crippen LogP contribution in [0.1, 0.15) is 37.9 Å². The van der Waals surface area contributed by atoms with Gasteiger partial charge in [-0.2, -0.15) is 0 Å². The predicted octanol–water partition coefficient (Wildman–Crippen LogP) is 3.95. The molecule has 2 aromatic carbocycles. The summed E-state index contributed by atoms with van der Waals surface area (Å²) in [7, 11) is 7.11. The van der Waals surface area contributed by atoms with Crippen molar-refractivity contribution in [2.24, 2.45) is 4.99 Å². The van der Waals surface area contributed by atoms with Crippen molar-refractivity contribution in [2.45, 2.75) is 26.8 Å². The SMILES string of the molecule is CCN(CC)C(=O)C1=C(C)N=c2s/c(=C/c3ccc(N(C)C)c(Br)c3)c(=O)n2[C@@H]1c1cc(OC)ccc1OC. The fraction of sp³-hybridized carbons (Fsp3) is 0.345. The van der Waals surface area contributed by atoms with Crippen LogP contribution in [0.2, 0.25) is 0 Å². The van der Waals surface area contributed by atoms with Crippen molar-refractivity contribution in [1.29, 1.82) is 0 Å². The number of benzene rings is 2. The lowest BCUT2D eigenvalue weighted by Gasteiger charge is -2.30. The monoisotopic (exact) mass is 612 g/mol. The molecule has 0 saturated carbocycles. The predicted molar refractivity (Wildman–Crippen MR) is 160 cm³/mol. The van der Waals surface area contributed by atoms with E-state index in [4.69, 9.17) is 14.5 Å². The first kappa shape index (κ1) is 28.6. The Morgan fingerprint density at radius 1 is 1.13 bits per heavy atom. The standard InChI is InChI=1S/C29H33BrN4O4S/c1-8-33(9-2)28(36)25-17(3)31-29-34(26(25)20-16-19(37-6)11-13-23(20)38-7)27(35)24(39-29)15-18-10-12-22(32(4)5)21(30)14-18/h10-16,26H,8-9H2,1-7H3/b24-15+/t26-/m1/s1. The molecule has 1 atom stereocenters. The summed E-state index contributed by atoms with van der Waals surface area (Å²) < 4.78 is 14.3. The third-order valence-corrected chi connectivity index (χ3v) is 8.40. The molecule has 0 spiro atoms. The molecule has 0 bridgehead atoms. The largest absolute Gasteiger partial charge is 0.497 e. The molecule has 0 radical (unpaired) electrons. The number of allylic oxidation sites excluding steroid dienone is 1. The van der Waals surface area contributed by atoms with Crippen LogP contribution in [0.25, 0.3) is 6.08 Å². The summed E-state index contributed by atoms with van der Waals surface area (Å²) >= 11 is 4.93. The fourth-order valence-electron chi connectivity index (χ4n) is 4.75. The fourth-order valence-corrected chi connectivity index (χ4v) is 6.55.